The van der Waals surface area contributed by atoms with Crippen LogP contribution in [-0.2, 0) is 9.59 Å². The summed E-state index contributed by atoms with van der Waals surface area (Å²) < 4.78 is 0. The number of nitriles is 1. The van der Waals surface area contributed by atoms with Crippen LogP contribution in [0.15, 0.2) is 0 Å². The Hall–Kier alpha value is -1.57. The van der Waals surface area contributed by atoms with E-state index in [1.165, 1.54) is 4.90 Å². The second-order valence-corrected chi connectivity index (χ2v) is 5.27. The van der Waals surface area contributed by atoms with Crippen LogP contribution in [-0.4, -0.2) is 35.5 Å². The van der Waals surface area contributed by atoms with Gasteiger partial charge in [-0.1, -0.05) is 12.8 Å². The Bertz CT molecular complexity index is 367. The number of hydrogen-bond donors (Lipinski definition) is 1. The third-order valence-electron chi connectivity index (χ3n) is 3.70. The molecule has 0 aromatic carbocycles. The number of hydrogen-bond acceptors (Lipinski definition) is 3. The van der Waals surface area contributed by atoms with Gasteiger partial charge in [0.15, 0.2) is 0 Å². The summed E-state index contributed by atoms with van der Waals surface area (Å²) in [5.74, 6) is -1.28. The number of carboxylic acids is 1. The summed E-state index contributed by atoms with van der Waals surface area (Å²) in [7, 11) is 1.63. The van der Waals surface area contributed by atoms with Gasteiger partial charge in [-0.3, -0.25) is 9.59 Å². The Morgan fingerprint density at radius 2 is 2.00 bits per heavy atom. The molecule has 0 aromatic heterocycles. The molecule has 1 rings (SSSR count). The highest BCUT2D eigenvalue weighted by molar-refractivity contribution is 5.85. The highest BCUT2D eigenvalue weighted by Crippen LogP contribution is 2.41. The lowest BCUT2D eigenvalue weighted by molar-refractivity contribution is -0.153. The van der Waals surface area contributed by atoms with Crippen LogP contribution in [0, 0.1) is 22.7 Å². The van der Waals surface area contributed by atoms with Gasteiger partial charge in [-0.05, 0) is 19.8 Å². The molecule has 100 valence electrons. The number of carboxylic acid groups (broad SMARTS) is 1. The van der Waals surface area contributed by atoms with Crippen LogP contribution < -0.4 is 0 Å². The summed E-state index contributed by atoms with van der Waals surface area (Å²) in [4.78, 5) is 24.8. The van der Waals surface area contributed by atoms with Gasteiger partial charge in [-0.15, -0.1) is 0 Å². The van der Waals surface area contributed by atoms with E-state index in [-0.39, 0.29) is 18.2 Å². The topological polar surface area (TPSA) is 81.4 Å². The summed E-state index contributed by atoms with van der Waals surface area (Å²) in [5.41, 5.74) is -0.874. The molecule has 18 heavy (non-hydrogen) atoms. The number of nitrogens with zero attached hydrogens (tertiary/aromatic N) is 2. The molecule has 1 amide bonds. The highest BCUT2D eigenvalue weighted by Gasteiger charge is 2.43. The van der Waals surface area contributed by atoms with E-state index in [1.54, 1.807) is 14.0 Å². The summed E-state index contributed by atoms with van der Waals surface area (Å²) in [5, 5.41) is 18.0. The molecule has 1 atom stereocenters. The molecular weight excluding hydrogens is 232 g/mol. The van der Waals surface area contributed by atoms with Crippen molar-refractivity contribution in [1.29, 1.82) is 5.26 Å². The maximum atomic E-state index is 12.0. The Labute approximate surface area is 107 Å². The molecule has 1 aliphatic carbocycles. The SMILES string of the molecule is CC(C#N)CN(C)C(=O)CC1(C(=O)O)CCCC1. The summed E-state index contributed by atoms with van der Waals surface area (Å²) in [6.45, 7) is 2.09. The van der Waals surface area contributed by atoms with Gasteiger partial charge in [-0.2, -0.15) is 5.26 Å². The first-order valence-electron chi connectivity index (χ1n) is 6.28. The summed E-state index contributed by atoms with van der Waals surface area (Å²) in [6, 6.07) is 2.07. The van der Waals surface area contributed by atoms with Crippen LogP contribution in [0.4, 0.5) is 0 Å². The van der Waals surface area contributed by atoms with Crippen molar-refractivity contribution in [1.82, 2.24) is 4.90 Å². The third-order valence-corrected chi connectivity index (χ3v) is 3.70. The first-order valence-corrected chi connectivity index (χ1v) is 6.28. The molecule has 0 heterocycles. The molecule has 0 bridgehead atoms. The van der Waals surface area contributed by atoms with Crippen LogP contribution in [0.3, 0.4) is 0 Å². The van der Waals surface area contributed by atoms with Crippen molar-refractivity contribution in [3.8, 4) is 6.07 Å². The van der Waals surface area contributed by atoms with Gasteiger partial charge < -0.3 is 10.0 Å². The van der Waals surface area contributed by atoms with Crippen molar-refractivity contribution in [3.63, 3.8) is 0 Å². The molecule has 1 saturated carbocycles. The van der Waals surface area contributed by atoms with Gasteiger partial charge in [0.25, 0.3) is 0 Å². The van der Waals surface area contributed by atoms with Crippen molar-refractivity contribution in [2.75, 3.05) is 13.6 Å². The fraction of sp³-hybridized carbons (Fsp3) is 0.769. The maximum Gasteiger partial charge on any atom is 0.310 e. The Balaban J connectivity index is 2.63. The standard InChI is InChI=1S/C13H20N2O3/c1-10(8-14)9-15(2)11(16)7-13(12(17)18)5-3-4-6-13/h10H,3-7,9H2,1-2H3,(H,17,18). The van der Waals surface area contributed by atoms with Crippen LogP contribution in [0.25, 0.3) is 0 Å². The molecule has 1 fully saturated rings. The maximum absolute atomic E-state index is 12.0. The number of aliphatic carboxylic acids is 1. The molecular formula is C13H20N2O3. The Morgan fingerprint density at radius 3 is 2.44 bits per heavy atom. The average Bonchev–Trinajstić information content (AvgIpc) is 2.78. The predicted molar refractivity (Wildman–Crippen MR) is 65.6 cm³/mol. The van der Waals surface area contributed by atoms with Gasteiger partial charge in [0.05, 0.1) is 17.4 Å². The van der Waals surface area contributed by atoms with Gasteiger partial charge in [0.2, 0.25) is 5.91 Å². The molecule has 1 N–H and O–H groups in total. The van der Waals surface area contributed by atoms with Crippen LogP contribution in [0.2, 0.25) is 0 Å². The van der Waals surface area contributed by atoms with E-state index in [2.05, 4.69) is 6.07 Å². The summed E-state index contributed by atoms with van der Waals surface area (Å²) in [6.07, 6.45) is 2.96. The molecule has 0 saturated heterocycles. The van der Waals surface area contributed by atoms with E-state index < -0.39 is 11.4 Å². The molecule has 0 spiro atoms. The lowest BCUT2D eigenvalue weighted by Crippen LogP contribution is -2.38. The number of rotatable bonds is 5. The first-order chi connectivity index (χ1) is 8.41. The molecule has 1 aliphatic rings. The van der Waals surface area contributed by atoms with Gasteiger partial charge in [0.1, 0.15) is 0 Å². The minimum absolute atomic E-state index is 0.0526. The number of amides is 1. The predicted octanol–water partition coefficient (Wildman–Crippen LogP) is 1.64. The van der Waals surface area contributed by atoms with Gasteiger partial charge >= 0.3 is 5.97 Å². The zero-order valence-corrected chi connectivity index (χ0v) is 11.0. The highest BCUT2D eigenvalue weighted by atomic mass is 16.4. The van der Waals surface area contributed by atoms with Crippen LogP contribution in [0.5, 0.6) is 0 Å². The largest absolute Gasteiger partial charge is 0.481 e. The van der Waals surface area contributed by atoms with Crippen molar-refractivity contribution in [3.05, 3.63) is 0 Å². The Morgan fingerprint density at radius 1 is 1.44 bits per heavy atom. The van der Waals surface area contributed by atoms with Crippen molar-refractivity contribution in [2.45, 2.75) is 39.0 Å². The van der Waals surface area contributed by atoms with Crippen molar-refractivity contribution in [2.24, 2.45) is 11.3 Å². The molecule has 5 heteroatoms. The zero-order chi connectivity index (χ0) is 13.8. The van der Waals surface area contributed by atoms with E-state index in [0.29, 0.717) is 19.4 Å². The quantitative estimate of drug-likeness (QED) is 0.806. The molecule has 1 unspecified atom stereocenters. The lowest BCUT2D eigenvalue weighted by atomic mass is 9.82. The molecule has 0 aliphatic heterocycles. The molecule has 5 nitrogen and oxygen atoms in total. The zero-order valence-electron chi connectivity index (χ0n) is 11.0. The van der Waals surface area contributed by atoms with Crippen molar-refractivity contribution >= 4 is 11.9 Å². The normalized spacial score (nSPS) is 18.9. The molecule has 0 radical (unpaired) electrons. The van der Waals surface area contributed by atoms with E-state index in [9.17, 15) is 14.7 Å². The monoisotopic (exact) mass is 252 g/mol. The van der Waals surface area contributed by atoms with Gasteiger partial charge in [0, 0.05) is 20.0 Å². The van der Waals surface area contributed by atoms with Crippen molar-refractivity contribution < 1.29 is 14.7 Å². The van der Waals surface area contributed by atoms with E-state index in [4.69, 9.17) is 5.26 Å². The fourth-order valence-corrected chi connectivity index (χ4v) is 2.50. The van der Waals surface area contributed by atoms with E-state index in [1.807, 2.05) is 0 Å². The van der Waals surface area contributed by atoms with Gasteiger partial charge in [-0.25, -0.2) is 0 Å². The van der Waals surface area contributed by atoms with Crippen LogP contribution in [0.1, 0.15) is 39.0 Å². The van der Waals surface area contributed by atoms with E-state index >= 15 is 0 Å². The summed E-state index contributed by atoms with van der Waals surface area (Å²) >= 11 is 0. The number of carbonyl (C=O) groups is 2. The minimum atomic E-state index is -0.874. The molecule has 0 aromatic rings. The lowest BCUT2D eigenvalue weighted by Gasteiger charge is -2.26. The van der Waals surface area contributed by atoms with Crippen LogP contribution >= 0.6 is 0 Å². The first kappa shape index (κ1) is 14.5. The smallest absolute Gasteiger partial charge is 0.310 e. The van der Waals surface area contributed by atoms with E-state index in [0.717, 1.165) is 12.8 Å². The number of carbonyl (C=O) groups excluding carboxylic acids is 1. The Kier molecular flexibility index (Phi) is 4.71. The average molecular weight is 252 g/mol. The second kappa shape index (κ2) is 5.85. The minimum Gasteiger partial charge on any atom is -0.481 e. The third kappa shape index (κ3) is 3.22. The fourth-order valence-electron chi connectivity index (χ4n) is 2.50. The second-order valence-electron chi connectivity index (χ2n) is 5.27.